The van der Waals surface area contributed by atoms with Gasteiger partial charge in [0.05, 0.1) is 19.3 Å². The fourth-order valence-electron chi connectivity index (χ4n) is 3.29. The molecule has 0 bridgehead atoms. The number of hydrogen-bond acceptors (Lipinski definition) is 7. The zero-order chi connectivity index (χ0) is 20.8. The SMILES string of the molecule is CONC(=N)CN1CCN(c2ccc(C(NC(O)=S)c3c[nH]nn3)cc2F)CC1. The van der Waals surface area contributed by atoms with Gasteiger partial charge in [0.1, 0.15) is 23.4 Å². The normalized spacial score (nSPS) is 15.7. The maximum Gasteiger partial charge on any atom is 0.254 e. The molecule has 1 aliphatic rings. The van der Waals surface area contributed by atoms with Crippen LogP contribution in [0.25, 0.3) is 0 Å². The van der Waals surface area contributed by atoms with E-state index >= 15 is 0 Å². The lowest BCUT2D eigenvalue weighted by Gasteiger charge is -2.36. The summed E-state index contributed by atoms with van der Waals surface area (Å²) in [5.74, 6) is -0.0893. The van der Waals surface area contributed by atoms with E-state index in [1.807, 2.05) is 4.90 Å². The first-order valence-corrected chi connectivity index (χ1v) is 9.37. The Balaban J connectivity index is 1.68. The summed E-state index contributed by atoms with van der Waals surface area (Å²) in [6.45, 7) is 3.15. The van der Waals surface area contributed by atoms with Crippen LogP contribution in [-0.4, -0.2) is 76.3 Å². The number of nitrogens with zero attached hydrogens (tertiary/aromatic N) is 4. The maximum atomic E-state index is 14.9. The quantitative estimate of drug-likeness (QED) is 0.190. The fourth-order valence-corrected chi connectivity index (χ4v) is 3.41. The molecule has 0 saturated carbocycles. The van der Waals surface area contributed by atoms with Gasteiger partial charge >= 0.3 is 0 Å². The Morgan fingerprint density at radius 1 is 1.41 bits per heavy atom. The summed E-state index contributed by atoms with van der Waals surface area (Å²) in [5.41, 5.74) is 4.06. The first-order valence-electron chi connectivity index (χ1n) is 8.97. The smallest absolute Gasteiger partial charge is 0.254 e. The molecule has 12 heteroatoms. The second kappa shape index (κ2) is 9.58. The molecule has 0 amide bonds. The highest BCUT2D eigenvalue weighted by molar-refractivity contribution is 7.79. The van der Waals surface area contributed by atoms with Crippen molar-refractivity contribution in [1.82, 2.24) is 31.1 Å². The molecule has 2 aromatic rings. The third-order valence-corrected chi connectivity index (χ3v) is 4.74. The standard InChI is InChI=1S/C17H23FN8O2S/c1-28-23-15(19)10-25-4-6-26(7-5-25)14-3-2-11(8-12(14)18)16(21-17(27)29)13-9-20-24-22-13/h2-3,8-9,16H,4-7,10H2,1H3,(H2,19,23)(H,20,22,24)(H2,21,27,29). The van der Waals surface area contributed by atoms with E-state index in [9.17, 15) is 9.50 Å². The lowest BCUT2D eigenvalue weighted by molar-refractivity contribution is 0.138. The number of benzene rings is 1. The van der Waals surface area contributed by atoms with Gasteiger partial charge in [-0.3, -0.25) is 25.7 Å². The van der Waals surface area contributed by atoms with E-state index < -0.39 is 11.2 Å². The van der Waals surface area contributed by atoms with Crippen LogP contribution in [-0.2, 0) is 4.84 Å². The lowest BCUT2D eigenvalue weighted by Crippen LogP contribution is -2.49. The zero-order valence-corrected chi connectivity index (χ0v) is 16.7. The number of aliphatic hydroxyl groups is 1. The van der Waals surface area contributed by atoms with Gasteiger partial charge in [-0.05, 0) is 29.9 Å². The molecule has 1 aromatic carbocycles. The van der Waals surface area contributed by atoms with Crippen molar-refractivity contribution < 1.29 is 14.3 Å². The molecule has 1 atom stereocenters. The molecule has 1 aliphatic heterocycles. The van der Waals surface area contributed by atoms with Crippen LogP contribution >= 0.6 is 12.2 Å². The summed E-state index contributed by atoms with van der Waals surface area (Å²) in [4.78, 5) is 8.80. The molecule has 1 fully saturated rings. The zero-order valence-electron chi connectivity index (χ0n) is 15.9. The highest BCUT2D eigenvalue weighted by atomic mass is 32.1. The van der Waals surface area contributed by atoms with Crippen molar-refractivity contribution in [3.8, 4) is 0 Å². The van der Waals surface area contributed by atoms with Gasteiger partial charge in [-0.1, -0.05) is 11.3 Å². The van der Waals surface area contributed by atoms with Crippen LogP contribution in [0, 0.1) is 11.2 Å². The van der Waals surface area contributed by atoms with Gasteiger partial charge in [-0.25, -0.2) is 4.39 Å². The third-order valence-electron chi connectivity index (χ3n) is 4.62. The van der Waals surface area contributed by atoms with Crippen molar-refractivity contribution in [3.05, 3.63) is 41.5 Å². The van der Waals surface area contributed by atoms with Crippen LogP contribution in [0.15, 0.2) is 24.4 Å². The molecule has 1 saturated heterocycles. The molecule has 5 N–H and O–H groups in total. The molecular formula is C17H23FN8O2S. The largest absolute Gasteiger partial charge is 0.487 e. The van der Waals surface area contributed by atoms with Crippen LogP contribution in [0.4, 0.5) is 10.1 Å². The molecule has 29 heavy (non-hydrogen) atoms. The Hall–Kier alpha value is -2.83. The van der Waals surface area contributed by atoms with Gasteiger partial charge in [-0.2, -0.15) is 0 Å². The maximum absolute atomic E-state index is 14.9. The van der Waals surface area contributed by atoms with E-state index in [4.69, 9.17) is 22.5 Å². The molecule has 156 valence electrons. The van der Waals surface area contributed by atoms with E-state index in [0.29, 0.717) is 49.7 Å². The molecule has 1 unspecified atom stereocenters. The molecule has 3 rings (SSSR count). The van der Waals surface area contributed by atoms with E-state index in [-0.39, 0.29) is 11.7 Å². The average Bonchev–Trinajstić information content (AvgIpc) is 3.21. The Morgan fingerprint density at radius 3 is 2.76 bits per heavy atom. The Kier molecular flexibility index (Phi) is 6.90. The first kappa shape index (κ1) is 20.9. The number of piperazine rings is 1. The van der Waals surface area contributed by atoms with Gasteiger partial charge < -0.3 is 15.3 Å². The Morgan fingerprint density at radius 2 is 2.17 bits per heavy atom. The molecular weight excluding hydrogens is 399 g/mol. The molecule has 1 aromatic heterocycles. The predicted molar refractivity (Wildman–Crippen MR) is 110 cm³/mol. The number of amidine groups is 1. The van der Waals surface area contributed by atoms with Gasteiger partial charge in [-0.15, -0.1) is 5.10 Å². The second-order valence-electron chi connectivity index (χ2n) is 6.54. The number of H-pyrrole nitrogens is 1. The van der Waals surface area contributed by atoms with Crippen LogP contribution in [0.2, 0.25) is 0 Å². The molecule has 10 nitrogen and oxygen atoms in total. The predicted octanol–water partition coefficient (Wildman–Crippen LogP) is 0.716. The topological polar surface area (TPSA) is 125 Å². The van der Waals surface area contributed by atoms with E-state index in [1.165, 1.54) is 13.2 Å². The van der Waals surface area contributed by atoms with Gasteiger partial charge in [0.25, 0.3) is 5.17 Å². The Bertz CT molecular complexity index is 842. The number of anilines is 1. The number of aromatic nitrogens is 3. The summed E-state index contributed by atoms with van der Waals surface area (Å²) >= 11 is 4.72. The fraction of sp³-hybridized carbons (Fsp3) is 0.412. The number of rotatable bonds is 7. The van der Waals surface area contributed by atoms with Crippen molar-refractivity contribution in [1.29, 1.82) is 5.41 Å². The summed E-state index contributed by atoms with van der Waals surface area (Å²) in [7, 11) is 1.47. The van der Waals surface area contributed by atoms with Crippen LogP contribution in [0.1, 0.15) is 17.3 Å². The van der Waals surface area contributed by atoms with Crippen molar-refractivity contribution in [3.63, 3.8) is 0 Å². The molecule has 2 heterocycles. The number of aromatic amines is 1. The number of nitrogens with one attached hydrogen (secondary N) is 4. The van der Waals surface area contributed by atoms with Crippen molar-refractivity contribution in [2.45, 2.75) is 6.04 Å². The lowest BCUT2D eigenvalue weighted by atomic mass is 10.0. The minimum atomic E-state index is -0.619. The third kappa shape index (κ3) is 5.37. The van der Waals surface area contributed by atoms with Gasteiger partial charge in [0.2, 0.25) is 0 Å². The minimum Gasteiger partial charge on any atom is -0.487 e. The van der Waals surface area contributed by atoms with Crippen LogP contribution in [0.3, 0.4) is 0 Å². The van der Waals surface area contributed by atoms with Crippen molar-refractivity contribution in [2.24, 2.45) is 0 Å². The van der Waals surface area contributed by atoms with Crippen molar-refractivity contribution in [2.75, 3.05) is 44.7 Å². The molecule has 0 radical (unpaired) electrons. The van der Waals surface area contributed by atoms with Crippen LogP contribution in [0.5, 0.6) is 0 Å². The summed E-state index contributed by atoms with van der Waals surface area (Å²) < 4.78 is 14.9. The Labute approximate surface area is 172 Å². The molecule has 0 spiro atoms. The van der Waals surface area contributed by atoms with E-state index in [2.05, 4.69) is 31.1 Å². The van der Waals surface area contributed by atoms with E-state index in [1.54, 1.807) is 18.3 Å². The van der Waals surface area contributed by atoms with E-state index in [0.717, 1.165) is 0 Å². The second-order valence-corrected chi connectivity index (χ2v) is 6.93. The number of hydrogen-bond donors (Lipinski definition) is 5. The molecule has 0 aliphatic carbocycles. The number of aliphatic hydroxyl groups excluding tert-OH is 1. The monoisotopic (exact) mass is 422 g/mol. The number of thiocarbonyl (C=S) groups is 1. The van der Waals surface area contributed by atoms with Crippen LogP contribution < -0.4 is 15.7 Å². The van der Waals surface area contributed by atoms with Gasteiger partial charge in [0, 0.05) is 32.4 Å². The first-order chi connectivity index (χ1) is 14.0. The van der Waals surface area contributed by atoms with Crippen molar-refractivity contribution >= 4 is 28.9 Å². The average molecular weight is 422 g/mol. The number of hydroxylamine groups is 1. The summed E-state index contributed by atoms with van der Waals surface area (Å²) in [6, 6.07) is 4.27. The highest BCUT2D eigenvalue weighted by Crippen LogP contribution is 2.27. The number of halogens is 1. The summed E-state index contributed by atoms with van der Waals surface area (Å²) in [6.07, 6.45) is 1.55. The highest BCUT2D eigenvalue weighted by Gasteiger charge is 2.23. The minimum absolute atomic E-state index is 0.282. The van der Waals surface area contributed by atoms with Gasteiger partial charge in [0.15, 0.2) is 0 Å². The summed E-state index contributed by atoms with van der Waals surface area (Å²) in [5, 5.41) is 29.7.